The first-order chi connectivity index (χ1) is 6.08. The molecule has 1 N–H and O–H groups in total. The van der Waals surface area contributed by atoms with Gasteiger partial charge in [0.05, 0.1) is 12.6 Å². The highest BCUT2D eigenvalue weighted by Crippen LogP contribution is 2.19. The molecule has 1 rings (SSSR count). The summed E-state index contributed by atoms with van der Waals surface area (Å²) in [5.41, 5.74) is 0. The highest BCUT2D eigenvalue weighted by molar-refractivity contribution is 7.90. The lowest BCUT2D eigenvalue weighted by Gasteiger charge is -2.14. The Morgan fingerprint density at radius 2 is 2.38 bits per heavy atom. The third-order valence-electron chi connectivity index (χ3n) is 2.08. The maximum absolute atomic E-state index is 11.5. The molecule has 13 heavy (non-hydrogen) atoms. The lowest BCUT2D eigenvalue weighted by molar-refractivity contribution is 0.126. The molecule has 0 aromatic heterocycles. The first-order valence-electron chi connectivity index (χ1n) is 4.11. The van der Waals surface area contributed by atoms with E-state index in [2.05, 4.69) is 10.6 Å². The Labute approximate surface area is 78.7 Å². The van der Waals surface area contributed by atoms with Gasteiger partial charge >= 0.3 is 0 Å². The van der Waals surface area contributed by atoms with Gasteiger partial charge in [0.2, 0.25) is 10.0 Å². The molecule has 1 aliphatic rings. The van der Waals surface area contributed by atoms with Crippen LogP contribution < -0.4 is 4.72 Å². The van der Waals surface area contributed by atoms with Gasteiger partial charge in [-0.15, -0.1) is 6.42 Å². The predicted octanol–water partition coefficient (Wildman–Crippen LogP) is -0.284. The van der Waals surface area contributed by atoms with E-state index >= 15 is 0 Å². The van der Waals surface area contributed by atoms with Crippen LogP contribution in [0.15, 0.2) is 0 Å². The summed E-state index contributed by atoms with van der Waals surface area (Å²) in [5, 5.41) is -0.458. The standard InChI is InChI=1S/C8H13NO3S/c1-3-5-9-13(10,11)8-4-6-12-7(8)2/h1,7-9H,4-6H2,2H3. The van der Waals surface area contributed by atoms with E-state index in [0.717, 1.165) is 0 Å². The van der Waals surface area contributed by atoms with Crippen LogP contribution in [0.1, 0.15) is 13.3 Å². The number of nitrogens with one attached hydrogen (secondary N) is 1. The fourth-order valence-electron chi connectivity index (χ4n) is 1.37. The third-order valence-corrected chi connectivity index (χ3v) is 4.04. The van der Waals surface area contributed by atoms with Crippen molar-refractivity contribution in [1.82, 2.24) is 4.72 Å². The molecule has 0 bridgehead atoms. The first-order valence-corrected chi connectivity index (χ1v) is 5.66. The molecule has 5 heteroatoms. The zero-order valence-electron chi connectivity index (χ0n) is 7.49. The third kappa shape index (κ3) is 2.44. The normalized spacial score (nSPS) is 28.6. The van der Waals surface area contributed by atoms with Crippen LogP contribution in [0.3, 0.4) is 0 Å². The summed E-state index contributed by atoms with van der Waals surface area (Å²) in [4.78, 5) is 0. The van der Waals surface area contributed by atoms with Crippen LogP contribution in [0.2, 0.25) is 0 Å². The Morgan fingerprint density at radius 1 is 1.69 bits per heavy atom. The Kier molecular flexibility index (Phi) is 3.31. The molecular formula is C8H13NO3S. The lowest BCUT2D eigenvalue weighted by Crippen LogP contribution is -2.38. The molecule has 0 amide bonds. The number of ether oxygens (including phenoxy) is 1. The van der Waals surface area contributed by atoms with Crippen molar-refractivity contribution < 1.29 is 13.2 Å². The van der Waals surface area contributed by atoms with Gasteiger partial charge in [-0.25, -0.2) is 13.1 Å². The van der Waals surface area contributed by atoms with Gasteiger partial charge in [-0.05, 0) is 13.3 Å². The Balaban J connectivity index is 2.64. The second-order valence-electron chi connectivity index (χ2n) is 2.97. The molecule has 74 valence electrons. The second-order valence-corrected chi connectivity index (χ2v) is 4.96. The van der Waals surface area contributed by atoms with Crippen LogP contribution in [0.25, 0.3) is 0 Å². The maximum atomic E-state index is 11.5. The number of sulfonamides is 1. The Bertz CT molecular complexity index is 304. The SMILES string of the molecule is C#CCNS(=O)(=O)C1CCOC1C. The summed E-state index contributed by atoms with van der Waals surface area (Å²) >= 11 is 0. The van der Waals surface area contributed by atoms with Crippen LogP contribution in [0.4, 0.5) is 0 Å². The van der Waals surface area contributed by atoms with Crippen molar-refractivity contribution in [2.45, 2.75) is 24.7 Å². The molecule has 1 fully saturated rings. The van der Waals surface area contributed by atoms with Gasteiger partial charge in [0.15, 0.2) is 0 Å². The minimum absolute atomic E-state index is 0.0472. The van der Waals surface area contributed by atoms with E-state index < -0.39 is 15.3 Å². The number of terminal acetylenes is 1. The van der Waals surface area contributed by atoms with Gasteiger partial charge in [0, 0.05) is 6.61 Å². The molecule has 2 unspecified atom stereocenters. The van der Waals surface area contributed by atoms with Crippen molar-refractivity contribution in [3.05, 3.63) is 0 Å². The van der Waals surface area contributed by atoms with Gasteiger partial charge in [-0.1, -0.05) is 5.92 Å². The number of hydrogen-bond donors (Lipinski definition) is 1. The fraction of sp³-hybridized carbons (Fsp3) is 0.750. The fourth-order valence-corrected chi connectivity index (χ4v) is 2.86. The van der Waals surface area contributed by atoms with E-state index in [1.54, 1.807) is 6.92 Å². The van der Waals surface area contributed by atoms with Gasteiger partial charge in [-0.3, -0.25) is 0 Å². The predicted molar refractivity (Wildman–Crippen MR) is 49.6 cm³/mol. The van der Waals surface area contributed by atoms with Crippen LogP contribution in [0, 0.1) is 12.3 Å². The zero-order valence-corrected chi connectivity index (χ0v) is 8.30. The molecule has 0 aliphatic carbocycles. The molecule has 0 saturated carbocycles. The van der Waals surface area contributed by atoms with Crippen molar-refractivity contribution in [1.29, 1.82) is 0 Å². The summed E-state index contributed by atoms with van der Waals surface area (Å²) in [7, 11) is -3.29. The van der Waals surface area contributed by atoms with Gasteiger partial charge in [0.1, 0.15) is 5.25 Å². The van der Waals surface area contributed by atoms with Crippen molar-refractivity contribution in [2.75, 3.05) is 13.2 Å². The van der Waals surface area contributed by atoms with E-state index in [4.69, 9.17) is 11.2 Å². The summed E-state index contributed by atoms with van der Waals surface area (Å²) in [5.74, 6) is 2.23. The van der Waals surface area contributed by atoms with Crippen LogP contribution in [0.5, 0.6) is 0 Å². The van der Waals surface area contributed by atoms with E-state index in [9.17, 15) is 8.42 Å². The minimum atomic E-state index is -3.29. The highest BCUT2D eigenvalue weighted by atomic mass is 32.2. The minimum Gasteiger partial charge on any atom is -0.377 e. The largest absolute Gasteiger partial charge is 0.377 e. The van der Waals surface area contributed by atoms with E-state index in [0.29, 0.717) is 13.0 Å². The molecular weight excluding hydrogens is 190 g/mol. The molecule has 0 radical (unpaired) electrons. The first kappa shape index (κ1) is 10.5. The topological polar surface area (TPSA) is 55.4 Å². The monoisotopic (exact) mass is 203 g/mol. The molecule has 0 aromatic rings. The summed E-state index contributed by atoms with van der Waals surface area (Å²) < 4.78 is 30.5. The summed E-state index contributed by atoms with van der Waals surface area (Å²) in [6.45, 7) is 2.31. The van der Waals surface area contributed by atoms with E-state index in [1.807, 2.05) is 0 Å². The van der Waals surface area contributed by atoms with Crippen molar-refractivity contribution in [2.24, 2.45) is 0 Å². The van der Waals surface area contributed by atoms with Crippen molar-refractivity contribution in [3.63, 3.8) is 0 Å². The summed E-state index contributed by atoms with van der Waals surface area (Å²) in [6, 6.07) is 0. The molecule has 0 spiro atoms. The van der Waals surface area contributed by atoms with E-state index in [1.165, 1.54) is 0 Å². The Hall–Kier alpha value is -0.570. The average Bonchev–Trinajstić information content (AvgIpc) is 2.48. The molecule has 2 atom stereocenters. The molecule has 1 saturated heterocycles. The average molecular weight is 203 g/mol. The van der Waals surface area contributed by atoms with Crippen LogP contribution in [-0.2, 0) is 14.8 Å². The van der Waals surface area contributed by atoms with Crippen molar-refractivity contribution >= 4 is 10.0 Å². The van der Waals surface area contributed by atoms with Crippen molar-refractivity contribution in [3.8, 4) is 12.3 Å². The number of hydrogen-bond acceptors (Lipinski definition) is 3. The lowest BCUT2D eigenvalue weighted by atomic mass is 10.3. The Morgan fingerprint density at radius 3 is 2.85 bits per heavy atom. The smallest absolute Gasteiger partial charge is 0.217 e. The summed E-state index contributed by atoms with van der Waals surface area (Å²) in [6.07, 6.45) is 5.26. The molecule has 1 heterocycles. The molecule has 4 nitrogen and oxygen atoms in total. The van der Waals surface area contributed by atoms with Gasteiger partial charge in [0.25, 0.3) is 0 Å². The second kappa shape index (κ2) is 4.09. The van der Waals surface area contributed by atoms with Crippen LogP contribution >= 0.6 is 0 Å². The number of rotatable bonds is 3. The zero-order chi connectivity index (χ0) is 9.90. The van der Waals surface area contributed by atoms with Gasteiger partial charge in [-0.2, -0.15) is 0 Å². The maximum Gasteiger partial charge on any atom is 0.217 e. The molecule has 1 aliphatic heterocycles. The molecule has 0 aromatic carbocycles. The quantitative estimate of drug-likeness (QED) is 0.642. The van der Waals surface area contributed by atoms with E-state index in [-0.39, 0.29) is 12.6 Å². The van der Waals surface area contributed by atoms with Gasteiger partial charge < -0.3 is 4.74 Å². The highest BCUT2D eigenvalue weighted by Gasteiger charge is 2.35. The van der Waals surface area contributed by atoms with Crippen LogP contribution in [-0.4, -0.2) is 32.9 Å².